The smallest absolute Gasteiger partial charge is 0.223 e. The number of nitrogens with one attached hydrogen (secondary N) is 1. The second kappa shape index (κ2) is 7.30. The maximum absolute atomic E-state index is 11.6. The lowest BCUT2D eigenvalue weighted by Gasteiger charge is -2.15. The molecule has 0 unspecified atom stereocenters. The largest absolute Gasteiger partial charge is 0.464 e. The van der Waals surface area contributed by atoms with E-state index in [4.69, 9.17) is 4.42 Å². The Morgan fingerprint density at radius 2 is 2.19 bits per heavy atom. The third-order valence-corrected chi connectivity index (χ3v) is 2.20. The van der Waals surface area contributed by atoms with Gasteiger partial charge in [0, 0.05) is 20.0 Å². The van der Waals surface area contributed by atoms with E-state index in [1.807, 2.05) is 26.1 Å². The summed E-state index contributed by atoms with van der Waals surface area (Å²) in [5, 5.41) is 2.95. The highest BCUT2D eigenvalue weighted by Gasteiger charge is 2.10. The van der Waals surface area contributed by atoms with Crippen molar-refractivity contribution in [3.8, 4) is 0 Å². The molecule has 4 nitrogen and oxygen atoms in total. The number of amides is 1. The maximum atomic E-state index is 11.6. The number of carbonyl (C=O) groups is 1. The van der Waals surface area contributed by atoms with Crippen LogP contribution in [-0.2, 0) is 11.3 Å². The lowest BCUT2D eigenvalue weighted by molar-refractivity contribution is -0.130. The van der Waals surface area contributed by atoms with E-state index in [-0.39, 0.29) is 18.3 Å². The Labute approximate surface area is 102 Å². The van der Waals surface area contributed by atoms with Gasteiger partial charge in [-0.1, -0.05) is 0 Å². The number of furan rings is 1. The van der Waals surface area contributed by atoms with E-state index < -0.39 is 0 Å². The van der Waals surface area contributed by atoms with Crippen LogP contribution in [0, 0.1) is 6.92 Å². The second-order valence-corrected chi connectivity index (χ2v) is 3.62. The van der Waals surface area contributed by atoms with Crippen molar-refractivity contribution in [1.82, 2.24) is 10.2 Å². The second-order valence-electron chi connectivity index (χ2n) is 3.62. The van der Waals surface area contributed by atoms with Crippen molar-refractivity contribution in [2.24, 2.45) is 0 Å². The molecule has 0 aliphatic heterocycles. The quantitative estimate of drug-likeness (QED) is 0.858. The Hall–Kier alpha value is -1.00. The fourth-order valence-electron chi connectivity index (χ4n) is 1.31. The fraction of sp³-hybridized carbons (Fsp3) is 0.545. The first-order valence-corrected chi connectivity index (χ1v) is 5.07. The Morgan fingerprint density at radius 3 is 2.69 bits per heavy atom. The third-order valence-electron chi connectivity index (χ3n) is 2.20. The van der Waals surface area contributed by atoms with Gasteiger partial charge in [-0.2, -0.15) is 0 Å². The molecule has 1 aromatic rings. The molecule has 0 saturated carbocycles. The molecular weight excluding hydrogens is 228 g/mol. The topological polar surface area (TPSA) is 45.5 Å². The molecule has 0 atom stereocenters. The average molecular weight is 247 g/mol. The summed E-state index contributed by atoms with van der Waals surface area (Å²) in [6, 6.07) is 3.80. The molecule has 0 fully saturated rings. The summed E-state index contributed by atoms with van der Waals surface area (Å²) in [5.41, 5.74) is 0. The Morgan fingerprint density at radius 1 is 1.50 bits per heavy atom. The molecule has 0 aromatic carbocycles. The first-order chi connectivity index (χ1) is 7.13. The predicted octanol–water partition coefficient (Wildman–Crippen LogP) is 1.58. The van der Waals surface area contributed by atoms with E-state index in [1.165, 1.54) is 0 Å². The zero-order valence-electron chi connectivity index (χ0n) is 9.95. The molecule has 1 amide bonds. The summed E-state index contributed by atoms with van der Waals surface area (Å²) in [6.07, 6.45) is 0.521. The molecular formula is C11H19ClN2O2. The molecule has 0 bridgehead atoms. The van der Waals surface area contributed by atoms with Crippen molar-refractivity contribution in [3.63, 3.8) is 0 Å². The maximum Gasteiger partial charge on any atom is 0.223 e. The predicted molar refractivity (Wildman–Crippen MR) is 65.7 cm³/mol. The van der Waals surface area contributed by atoms with E-state index in [9.17, 15) is 4.79 Å². The van der Waals surface area contributed by atoms with Crippen LogP contribution in [-0.4, -0.2) is 31.4 Å². The van der Waals surface area contributed by atoms with Gasteiger partial charge in [0.05, 0.1) is 6.54 Å². The van der Waals surface area contributed by atoms with Gasteiger partial charge in [0.15, 0.2) is 0 Å². The lowest BCUT2D eigenvalue weighted by Crippen LogP contribution is -2.28. The van der Waals surface area contributed by atoms with Gasteiger partial charge < -0.3 is 14.6 Å². The molecule has 5 heteroatoms. The van der Waals surface area contributed by atoms with Crippen molar-refractivity contribution in [3.05, 3.63) is 23.7 Å². The summed E-state index contributed by atoms with van der Waals surface area (Å²) >= 11 is 0. The number of nitrogens with zero attached hydrogens (tertiary/aromatic N) is 1. The van der Waals surface area contributed by atoms with Crippen LogP contribution in [0.4, 0.5) is 0 Å². The average Bonchev–Trinajstić information content (AvgIpc) is 2.60. The first kappa shape index (κ1) is 15.0. The molecule has 0 aliphatic rings. The van der Waals surface area contributed by atoms with Gasteiger partial charge in [0.25, 0.3) is 0 Å². The van der Waals surface area contributed by atoms with Crippen LogP contribution in [0.25, 0.3) is 0 Å². The number of aryl methyl sites for hydroxylation is 1. The Kier molecular flexibility index (Phi) is 6.85. The van der Waals surface area contributed by atoms with Crippen LogP contribution in [0.15, 0.2) is 16.5 Å². The molecule has 16 heavy (non-hydrogen) atoms. The van der Waals surface area contributed by atoms with E-state index in [1.54, 1.807) is 11.9 Å². The van der Waals surface area contributed by atoms with Gasteiger partial charge >= 0.3 is 0 Å². The van der Waals surface area contributed by atoms with E-state index in [0.717, 1.165) is 11.5 Å². The third kappa shape index (κ3) is 4.68. The highest BCUT2D eigenvalue weighted by atomic mass is 35.5. The zero-order valence-corrected chi connectivity index (χ0v) is 10.8. The van der Waals surface area contributed by atoms with Gasteiger partial charge in [0.1, 0.15) is 11.5 Å². The summed E-state index contributed by atoms with van der Waals surface area (Å²) in [6.45, 7) is 3.14. The summed E-state index contributed by atoms with van der Waals surface area (Å²) in [5.74, 6) is 1.83. The number of hydrogen-bond acceptors (Lipinski definition) is 3. The van der Waals surface area contributed by atoms with Gasteiger partial charge in [-0.05, 0) is 26.1 Å². The molecule has 0 spiro atoms. The summed E-state index contributed by atoms with van der Waals surface area (Å²) < 4.78 is 5.40. The van der Waals surface area contributed by atoms with Gasteiger partial charge in [-0.25, -0.2) is 0 Å². The van der Waals surface area contributed by atoms with Crippen molar-refractivity contribution < 1.29 is 9.21 Å². The fourth-order valence-corrected chi connectivity index (χ4v) is 1.31. The standard InChI is InChI=1S/C11H18N2O2.ClH/c1-9-4-5-10(15-9)8-13(3)11(14)6-7-12-2;/h4-5,12H,6-8H2,1-3H3;1H. The van der Waals surface area contributed by atoms with E-state index in [2.05, 4.69) is 5.32 Å². The van der Waals surface area contributed by atoms with E-state index in [0.29, 0.717) is 19.5 Å². The van der Waals surface area contributed by atoms with Crippen LogP contribution in [0.3, 0.4) is 0 Å². The van der Waals surface area contributed by atoms with Crippen LogP contribution in [0.2, 0.25) is 0 Å². The molecule has 0 aliphatic carbocycles. The molecule has 1 rings (SSSR count). The number of carbonyl (C=O) groups excluding carboxylic acids is 1. The van der Waals surface area contributed by atoms with Crippen LogP contribution >= 0.6 is 12.4 Å². The number of hydrogen-bond donors (Lipinski definition) is 1. The van der Waals surface area contributed by atoms with Crippen molar-refractivity contribution in [2.75, 3.05) is 20.6 Å². The lowest BCUT2D eigenvalue weighted by atomic mass is 10.3. The van der Waals surface area contributed by atoms with E-state index >= 15 is 0 Å². The minimum absolute atomic E-state index is 0. The molecule has 92 valence electrons. The summed E-state index contributed by atoms with van der Waals surface area (Å²) in [4.78, 5) is 13.2. The normalized spacial score (nSPS) is 9.69. The van der Waals surface area contributed by atoms with Gasteiger partial charge in [-0.3, -0.25) is 4.79 Å². The molecule has 1 heterocycles. The van der Waals surface area contributed by atoms with Gasteiger partial charge in [-0.15, -0.1) is 12.4 Å². The zero-order chi connectivity index (χ0) is 11.3. The minimum Gasteiger partial charge on any atom is -0.464 e. The van der Waals surface area contributed by atoms with Crippen LogP contribution in [0.5, 0.6) is 0 Å². The molecule has 1 aromatic heterocycles. The number of rotatable bonds is 5. The highest BCUT2D eigenvalue weighted by molar-refractivity contribution is 5.85. The van der Waals surface area contributed by atoms with Crippen molar-refractivity contribution in [2.45, 2.75) is 19.9 Å². The monoisotopic (exact) mass is 246 g/mol. The van der Waals surface area contributed by atoms with Crippen molar-refractivity contribution >= 4 is 18.3 Å². The summed E-state index contributed by atoms with van der Waals surface area (Å²) in [7, 11) is 3.62. The molecule has 1 N–H and O–H groups in total. The first-order valence-electron chi connectivity index (χ1n) is 5.07. The minimum atomic E-state index is 0. The number of halogens is 1. The van der Waals surface area contributed by atoms with Crippen LogP contribution < -0.4 is 5.32 Å². The SMILES string of the molecule is CNCCC(=O)N(C)Cc1ccc(C)o1.Cl. The Balaban J connectivity index is 0.00000225. The van der Waals surface area contributed by atoms with Crippen molar-refractivity contribution in [1.29, 1.82) is 0 Å². The molecule has 0 saturated heterocycles. The molecule has 0 radical (unpaired) electrons. The van der Waals surface area contributed by atoms with Crippen LogP contribution in [0.1, 0.15) is 17.9 Å². The Bertz CT molecular complexity index is 326. The highest BCUT2D eigenvalue weighted by Crippen LogP contribution is 2.08. The van der Waals surface area contributed by atoms with Gasteiger partial charge in [0.2, 0.25) is 5.91 Å².